The summed E-state index contributed by atoms with van der Waals surface area (Å²) in [7, 11) is 3.21. The molecule has 0 bridgehead atoms. The van der Waals surface area contributed by atoms with Gasteiger partial charge < -0.3 is 9.47 Å². The highest BCUT2D eigenvalue weighted by Crippen LogP contribution is 2.44. The molecule has 0 heterocycles. The number of rotatable bonds is 2. The minimum Gasteiger partial charge on any atom is -0.497 e. The maximum atomic E-state index is 12.0. The molecule has 86 valence electrons. The number of hydrogen-bond acceptors (Lipinski definition) is 3. The second kappa shape index (κ2) is 3.81. The summed E-state index contributed by atoms with van der Waals surface area (Å²) in [4.78, 5) is 12.0. The molecule has 3 nitrogen and oxygen atoms in total. The van der Waals surface area contributed by atoms with Crippen LogP contribution >= 0.6 is 0 Å². The van der Waals surface area contributed by atoms with E-state index in [9.17, 15) is 4.79 Å². The Bertz CT molecular complexity index is 437. The van der Waals surface area contributed by atoms with E-state index in [2.05, 4.69) is 6.92 Å². The topological polar surface area (TPSA) is 35.5 Å². The molecule has 1 aromatic rings. The summed E-state index contributed by atoms with van der Waals surface area (Å²) >= 11 is 0. The van der Waals surface area contributed by atoms with Gasteiger partial charge >= 0.3 is 0 Å². The van der Waals surface area contributed by atoms with Gasteiger partial charge in [0.1, 0.15) is 11.5 Å². The van der Waals surface area contributed by atoms with Gasteiger partial charge in [-0.3, -0.25) is 4.79 Å². The lowest BCUT2D eigenvalue weighted by atomic mass is 9.95. The van der Waals surface area contributed by atoms with Gasteiger partial charge in [0.2, 0.25) is 0 Å². The Kier molecular flexibility index (Phi) is 2.62. The zero-order valence-electron chi connectivity index (χ0n) is 10.0. The van der Waals surface area contributed by atoms with Crippen molar-refractivity contribution >= 4 is 5.78 Å². The molecule has 0 radical (unpaired) electrons. The van der Waals surface area contributed by atoms with Crippen LogP contribution < -0.4 is 9.47 Å². The summed E-state index contributed by atoms with van der Waals surface area (Å²) in [6, 6.07) is 3.64. The Balaban J connectivity index is 2.64. The quantitative estimate of drug-likeness (QED) is 0.768. The van der Waals surface area contributed by atoms with Crippen molar-refractivity contribution in [1.82, 2.24) is 0 Å². The molecule has 16 heavy (non-hydrogen) atoms. The predicted molar refractivity (Wildman–Crippen MR) is 61.5 cm³/mol. The van der Waals surface area contributed by atoms with E-state index in [0.717, 1.165) is 16.9 Å². The highest BCUT2D eigenvalue weighted by Gasteiger charge is 2.36. The standard InChI is InChI=1S/C13H16O3/c1-7-8(2)13(14)10-5-9(15-3)6-11(16-4)12(7)10/h5-8H,1-4H3. The first kappa shape index (κ1) is 11.0. The minimum absolute atomic E-state index is 0.0241. The Morgan fingerprint density at radius 2 is 1.75 bits per heavy atom. The van der Waals surface area contributed by atoms with E-state index in [0.29, 0.717) is 5.75 Å². The van der Waals surface area contributed by atoms with Crippen LogP contribution in [0.15, 0.2) is 12.1 Å². The second-order valence-electron chi connectivity index (χ2n) is 4.23. The van der Waals surface area contributed by atoms with Gasteiger partial charge in [0, 0.05) is 23.1 Å². The first-order valence-electron chi connectivity index (χ1n) is 5.40. The number of benzene rings is 1. The Hall–Kier alpha value is -1.51. The molecule has 0 N–H and O–H groups in total. The summed E-state index contributed by atoms with van der Waals surface area (Å²) in [5.74, 6) is 1.84. The summed E-state index contributed by atoms with van der Waals surface area (Å²) in [6.45, 7) is 4.02. The van der Waals surface area contributed by atoms with Crippen molar-refractivity contribution in [3.63, 3.8) is 0 Å². The zero-order chi connectivity index (χ0) is 11.9. The van der Waals surface area contributed by atoms with Crippen molar-refractivity contribution in [1.29, 1.82) is 0 Å². The highest BCUT2D eigenvalue weighted by atomic mass is 16.5. The third-order valence-corrected chi connectivity index (χ3v) is 3.46. The molecule has 0 saturated heterocycles. The second-order valence-corrected chi connectivity index (χ2v) is 4.23. The average Bonchev–Trinajstić information content (AvgIpc) is 2.53. The lowest BCUT2D eigenvalue weighted by Crippen LogP contribution is -2.06. The number of Topliss-reactive ketones (excluding diaryl/α,β-unsaturated/α-hetero) is 1. The first-order chi connectivity index (χ1) is 7.60. The summed E-state index contributed by atoms with van der Waals surface area (Å²) in [5, 5.41) is 0. The van der Waals surface area contributed by atoms with Crippen molar-refractivity contribution in [3.8, 4) is 11.5 Å². The fourth-order valence-electron chi connectivity index (χ4n) is 2.28. The number of carbonyl (C=O) groups is 1. The molecular weight excluding hydrogens is 204 g/mol. The fraction of sp³-hybridized carbons (Fsp3) is 0.462. The molecule has 3 heteroatoms. The van der Waals surface area contributed by atoms with Gasteiger partial charge in [0.15, 0.2) is 5.78 Å². The maximum absolute atomic E-state index is 12.0. The third kappa shape index (κ3) is 1.39. The largest absolute Gasteiger partial charge is 0.497 e. The van der Waals surface area contributed by atoms with Gasteiger partial charge in [0.05, 0.1) is 14.2 Å². The molecular formula is C13H16O3. The van der Waals surface area contributed by atoms with Crippen molar-refractivity contribution in [2.45, 2.75) is 19.8 Å². The molecule has 0 aliphatic heterocycles. The van der Waals surface area contributed by atoms with Crippen LogP contribution in [0.1, 0.15) is 35.7 Å². The van der Waals surface area contributed by atoms with Crippen LogP contribution in [-0.2, 0) is 0 Å². The zero-order valence-corrected chi connectivity index (χ0v) is 10.0. The van der Waals surface area contributed by atoms with E-state index in [4.69, 9.17) is 9.47 Å². The average molecular weight is 220 g/mol. The van der Waals surface area contributed by atoms with Crippen LogP contribution in [0.3, 0.4) is 0 Å². The van der Waals surface area contributed by atoms with Gasteiger partial charge in [-0.1, -0.05) is 13.8 Å². The normalized spacial score (nSPS) is 23.1. The highest BCUT2D eigenvalue weighted by molar-refractivity contribution is 6.04. The van der Waals surface area contributed by atoms with Crippen LogP contribution in [0.4, 0.5) is 0 Å². The molecule has 0 saturated carbocycles. The Labute approximate surface area is 95.4 Å². The van der Waals surface area contributed by atoms with E-state index in [1.165, 1.54) is 0 Å². The summed E-state index contributed by atoms with van der Waals surface area (Å²) < 4.78 is 10.5. The van der Waals surface area contributed by atoms with Crippen LogP contribution in [0.5, 0.6) is 11.5 Å². The molecule has 0 aromatic heterocycles. The number of fused-ring (bicyclic) bond motifs is 1. The molecule has 0 spiro atoms. The van der Waals surface area contributed by atoms with Crippen molar-refractivity contribution < 1.29 is 14.3 Å². The van der Waals surface area contributed by atoms with E-state index in [-0.39, 0.29) is 17.6 Å². The SMILES string of the molecule is COc1cc(OC)c2c(c1)C(=O)C(C)C2C. The minimum atomic E-state index is 0.0241. The number of carbonyl (C=O) groups excluding carboxylic acids is 1. The molecule has 1 aliphatic rings. The van der Waals surface area contributed by atoms with Gasteiger partial charge in [-0.15, -0.1) is 0 Å². The van der Waals surface area contributed by atoms with Crippen LogP contribution in [-0.4, -0.2) is 20.0 Å². The van der Waals surface area contributed by atoms with E-state index < -0.39 is 0 Å². The smallest absolute Gasteiger partial charge is 0.166 e. The first-order valence-corrected chi connectivity index (χ1v) is 5.40. The Morgan fingerprint density at radius 1 is 1.06 bits per heavy atom. The molecule has 1 aliphatic carbocycles. The lowest BCUT2D eigenvalue weighted by molar-refractivity contribution is 0.0936. The van der Waals surface area contributed by atoms with Crippen LogP contribution in [0.2, 0.25) is 0 Å². The van der Waals surface area contributed by atoms with Crippen molar-refractivity contribution in [2.24, 2.45) is 5.92 Å². The molecule has 2 rings (SSSR count). The monoisotopic (exact) mass is 220 g/mol. The van der Waals surface area contributed by atoms with E-state index >= 15 is 0 Å². The fourth-order valence-corrected chi connectivity index (χ4v) is 2.28. The van der Waals surface area contributed by atoms with Gasteiger partial charge in [0.25, 0.3) is 0 Å². The van der Waals surface area contributed by atoms with Crippen LogP contribution in [0, 0.1) is 5.92 Å². The summed E-state index contributed by atoms with van der Waals surface area (Å²) in [6.07, 6.45) is 0. The predicted octanol–water partition coefficient (Wildman–Crippen LogP) is 2.64. The van der Waals surface area contributed by atoms with E-state index in [1.54, 1.807) is 20.3 Å². The van der Waals surface area contributed by atoms with Crippen molar-refractivity contribution in [3.05, 3.63) is 23.3 Å². The molecule has 0 amide bonds. The van der Waals surface area contributed by atoms with Crippen molar-refractivity contribution in [2.75, 3.05) is 14.2 Å². The summed E-state index contributed by atoms with van der Waals surface area (Å²) in [5.41, 5.74) is 1.76. The van der Waals surface area contributed by atoms with Gasteiger partial charge in [-0.25, -0.2) is 0 Å². The van der Waals surface area contributed by atoms with E-state index in [1.807, 2.05) is 13.0 Å². The number of ketones is 1. The van der Waals surface area contributed by atoms with Crippen LogP contribution in [0.25, 0.3) is 0 Å². The molecule has 2 unspecified atom stereocenters. The maximum Gasteiger partial charge on any atom is 0.166 e. The molecule has 0 fully saturated rings. The van der Waals surface area contributed by atoms with Gasteiger partial charge in [-0.05, 0) is 12.0 Å². The number of hydrogen-bond donors (Lipinski definition) is 0. The molecule has 2 atom stereocenters. The number of methoxy groups -OCH3 is 2. The van der Waals surface area contributed by atoms with Gasteiger partial charge in [-0.2, -0.15) is 0 Å². The third-order valence-electron chi connectivity index (χ3n) is 3.46. The molecule has 1 aromatic carbocycles. The Morgan fingerprint density at radius 3 is 2.31 bits per heavy atom. The lowest BCUT2D eigenvalue weighted by Gasteiger charge is -2.13. The number of ether oxygens (including phenoxy) is 2.